The van der Waals surface area contributed by atoms with E-state index in [1.54, 1.807) is 10.4 Å². The van der Waals surface area contributed by atoms with Gasteiger partial charge in [-0.05, 0) is 24.6 Å². The first-order valence-electron chi connectivity index (χ1n) is 10.6. The van der Waals surface area contributed by atoms with Crippen molar-refractivity contribution in [3.8, 4) is 0 Å². The molecule has 0 saturated carbocycles. The fraction of sp³-hybridized carbons (Fsp3) is 0.273. The number of pyridine rings is 1. The Kier molecular flexibility index (Phi) is 5.36. The van der Waals surface area contributed by atoms with Gasteiger partial charge in [0.15, 0.2) is 0 Å². The van der Waals surface area contributed by atoms with Crippen LogP contribution in [0.5, 0.6) is 0 Å². The van der Waals surface area contributed by atoms with E-state index in [1.165, 1.54) is 35.6 Å². The molecule has 5 rings (SSSR count). The Bertz CT molecular complexity index is 1430. The first kappa shape index (κ1) is 21.8. The number of nitrogens with two attached hydrogens (primary N) is 1. The van der Waals surface area contributed by atoms with Crippen LogP contribution >= 0.6 is 11.3 Å². The minimum absolute atomic E-state index is 0.0848. The molecular formula is C22H22N8O3S. The van der Waals surface area contributed by atoms with E-state index in [4.69, 9.17) is 5.73 Å². The summed E-state index contributed by atoms with van der Waals surface area (Å²) in [6.45, 7) is 3.85. The molecule has 174 valence electrons. The maximum absolute atomic E-state index is 13.4. The van der Waals surface area contributed by atoms with Gasteiger partial charge in [-0.3, -0.25) is 19.5 Å². The van der Waals surface area contributed by atoms with Crippen LogP contribution in [-0.2, 0) is 14.4 Å². The summed E-state index contributed by atoms with van der Waals surface area (Å²) < 4.78 is 1.02. The Hall–Kier alpha value is -4.06. The number of nitrogen functional groups attached to an aromatic ring is 1. The average molecular weight is 479 g/mol. The summed E-state index contributed by atoms with van der Waals surface area (Å²) in [4.78, 5) is 50.3. The Morgan fingerprint density at radius 3 is 2.79 bits per heavy atom. The van der Waals surface area contributed by atoms with Gasteiger partial charge in [0.2, 0.25) is 5.91 Å². The lowest BCUT2D eigenvalue weighted by atomic mass is 9.99. The number of piperazine rings is 1. The molecule has 4 N–H and O–H groups in total. The summed E-state index contributed by atoms with van der Waals surface area (Å²) in [6.07, 6.45) is 2.88. The molecule has 2 atom stereocenters. The van der Waals surface area contributed by atoms with Crippen molar-refractivity contribution in [2.75, 3.05) is 24.1 Å². The van der Waals surface area contributed by atoms with E-state index in [0.29, 0.717) is 16.6 Å². The van der Waals surface area contributed by atoms with Gasteiger partial charge in [-0.25, -0.2) is 9.97 Å². The van der Waals surface area contributed by atoms with Crippen LogP contribution in [0.4, 0.5) is 11.5 Å². The van der Waals surface area contributed by atoms with Crippen molar-refractivity contribution >= 4 is 61.7 Å². The molecule has 0 aliphatic carbocycles. The summed E-state index contributed by atoms with van der Waals surface area (Å²) in [5.41, 5.74) is 10.0. The van der Waals surface area contributed by atoms with E-state index in [-0.39, 0.29) is 30.9 Å². The van der Waals surface area contributed by atoms with Crippen molar-refractivity contribution in [3.63, 3.8) is 0 Å². The fourth-order valence-electron chi connectivity index (χ4n) is 4.36. The molecule has 1 saturated heterocycles. The Morgan fingerprint density at radius 1 is 1.18 bits per heavy atom. The van der Waals surface area contributed by atoms with Crippen molar-refractivity contribution < 1.29 is 14.4 Å². The molecule has 4 heterocycles. The number of aromatic amines is 1. The van der Waals surface area contributed by atoms with Crippen LogP contribution in [0.15, 0.2) is 36.1 Å². The zero-order valence-electron chi connectivity index (χ0n) is 18.5. The molecule has 34 heavy (non-hydrogen) atoms. The van der Waals surface area contributed by atoms with Gasteiger partial charge < -0.3 is 20.9 Å². The number of fused-ring (bicyclic) bond motifs is 2. The predicted molar refractivity (Wildman–Crippen MR) is 128 cm³/mol. The van der Waals surface area contributed by atoms with Crippen molar-refractivity contribution in [2.24, 2.45) is 0 Å². The SMILES string of the molecule is CC(=O)N1C[C@H](c2ccc3scnc3c2)N(C(=O)C(=O)Nc2cnc(N)c3cn[nH]c23)C[C@H]1C. The molecule has 3 amide bonds. The molecule has 1 fully saturated rings. The lowest BCUT2D eigenvalue weighted by Crippen LogP contribution is -2.58. The molecule has 4 aromatic rings. The van der Waals surface area contributed by atoms with Gasteiger partial charge in [0.05, 0.1) is 50.8 Å². The number of hydrogen-bond donors (Lipinski definition) is 3. The second-order valence-corrected chi connectivity index (χ2v) is 9.13. The molecular weight excluding hydrogens is 456 g/mol. The normalized spacial score (nSPS) is 18.4. The molecule has 0 unspecified atom stereocenters. The molecule has 1 aromatic carbocycles. The smallest absolute Gasteiger partial charge is 0.314 e. The number of nitrogens with zero attached hydrogens (tertiary/aromatic N) is 5. The van der Waals surface area contributed by atoms with Gasteiger partial charge in [-0.1, -0.05) is 6.07 Å². The first-order chi connectivity index (χ1) is 16.3. The molecule has 1 aliphatic rings. The van der Waals surface area contributed by atoms with Gasteiger partial charge in [0, 0.05) is 26.1 Å². The number of carbonyl (C=O) groups excluding carboxylic acids is 3. The Labute approximate surface area is 198 Å². The van der Waals surface area contributed by atoms with Crippen LogP contribution in [0.25, 0.3) is 21.1 Å². The molecule has 12 heteroatoms. The van der Waals surface area contributed by atoms with Crippen LogP contribution in [0.1, 0.15) is 25.5 Å². The maximum Gasteiger partial charge on any atom is 0.314 e. The zero-order chi connectivity index (χ0) is 24.0. The predicted octanol–water partition coefficient (Wildman–Crippen LogP) is 1.91. The first-order valence-corrected chi connectivity index (χ1v) is 11.5. The highest BCUT2D eigenvalue weighted by Gasteiger charge is 2.39. The van der Waals surface area contributed by atoms with Crippen molar-refractivity contribution in [3.05, 3.63) is 41.7 Å². The number of benzene rings is 1. The van der Waals surface area contributed by atoms with Gasteiger partial charge in [0.1, 0.15) is 5.82 Å². The highest BCUT2D eigenvalue weighted by molar-refractivity contribution is 7.16. The standard InChI is InChI=1S/C22H22N8O3S/c1-11-8-30(22(33)21(32)27-16-7-24-20(23)14-6-26-28-19(14)16)17(9-29(11)12(2)31)13-3-4-18-15(5-13)25-10-34-18/h3-7,10-11,17H,8-9H2,1-2H3,(H2,23,24)(H,26,28)(H,27,32)/t11-,17-/m1/s1. The molecule has 3 aromatic heterocycles. The number of amides is 3. The van der Waals surface area contributed by atoms with E-state index < -0.39 is 17.9 Å². The molecule has 11 nitrogen and oxygen atoms in total. The Balaban J connectivity index is 1.46. The topological polar surface area (TPSA) is 150 Å². The van der Waals surface area contributed by atoms with Crippen LogP contribution in [-0.4, -0.2) is 66.8 Å². The second-order valence-electron chi connectivity index (χ2n) is 8.24. The molecule has 1 aliphatic heterocycles. The molecule has 0 bridgehead atoms. The summed E-state index contributed by atoms with van der Waals surface area (Å²) in [6, 6.07) is 5.01. The number of aromatic nitrogens is 4. The number of H-pyrrole nitrogens is 1. The monoisotopic (exact) mass is 478 g/mol. The van der Waals surface area contributed by atoms with Crippen molar-refractivity contribution in [1.29, 1.82) is 0 Å². The third-order valence-electron chi connectivity index (χ3n) is 6.10. The number of nitrogens with one attached hydrogen (secondary N) is 2. The van der Waals surface area contributed by atoms with E-state index in [1.807, 2.05) is 25.1 Å². The van der Waals surface area contributed by atoms with E-state index in [2.05, 4.69) is 25.5 Å². The summed E-state index contributed by atoms with van der Waals surface area (Å²) in [5, 5.41) is 9.88. The van der Waals surface area contributed by atoms with Gasteiger partial charge in [-0.15, -0.1) is 11.3 Å². The lowest BCUT2D eigenvalue weighted by Gasteiger charge is -2.44. The number of hydrogen-bond acceptors (Lipinski definition) is 8. The van der Waals surface area contributed by atoms with Gasteiger partial charge in [0.25, 0.3) is 0 Å². The number of thiazole rings is 1. The minimum Gasteiger partial charge on any atom is -0.383 e. The highest BCUT2D eigenvalue weighted by Crippen LogP contribution is 2.31. The van der Waals surface area contributed by atoms with Crippen molar-refractivity contribution in [2.45, 2.75) is 25.9 Å². The second kappa shape index (κ2) is 8.37. The van der Waals surface area contributed by atoms with Crippen LogP contribution in [0.2, 0.25) is 0 Å². The number of rotatable bonds is 2. The molecule has 0 spiro atoms. The fourth-order valence-corrected chi connectivity index (χ4v) is 5.02. The Morgan fingerprint density at radius 2 is 2.00 bits per heavy atom. The third-order valence-corrected chi connectivity index (χ3v) is 6.91. The number of carbonyl (C=O) groups is 3. The largest absolute Gasteiger partial charge is 0.383 e. The van der Waals surface area contributed by atoms with Crippen molar-refractivity contribution in [1.82, 2.24) is 30.0 Å². The van der Waals surface area contributed by atoms with Crippen LogP contribution in [0.3, 0.4) is 0 Å². The summed E-state index contributed by atoms with van der Waals surface area (Å²) in [7, 11) is 0. The van der Waals surface area contributed by atoms with E-state index >= 15 is 0 Å². The zero-order valence-corrected chi connectivity index (χ0v) is 19.3. The summed E-state index contributed by atoms with van der Waals surface area (Å²) in [5.74, 6) is -1.34. The maximum atomic E-state index is 13.4. The number of anilines is 2. The van der Waals surface area contributed by atoms with Crippen LogP contribution in [0, 0.1) is 0 Å². The molecule has 0 radical (unpaired) electrons. The lowest BCUT2D eigenvalue weighted by molar-refractivity contribution is -0.151. The van der Waals surface area contributed by atoms with Gasteiger partial charge >= 0.3 is 11.8 Å². The highest BCUT2D eigenvalue weighted by atomic mass is 32.1. The van der Waals surface area contributed by atoms with E-state index in [0.717, 1.165) is 15.8 Å². The quantitative estimate of drug-likeness (QED) is 0.372. The summed E-state index contributed by atoms with van der Waals surface area (Å²) >= 11 is 1.52. The van der Waals surface area contributed by atoms with Gasteiger partial charge in [-0.2, -0.15) is 5.10 Å². The minimum atomic E-state index is -0.814. The van der Waals surface area contributed by atoms with Crippen LogP contribution < -0.4 is 11.1 Å². The third kappa shape index (κ3) is 3.71. The average Bonchev–Trinajstić information content (AvgIpc) is 3.49. The van der Waals surface area contributed by atoms with E-state index in [9.17, 15) is 14.4 Å².